The van der Waals surface area contributed by atoms with Gasteiger partial charge in [-0.1, -0.05) is 13.3 Å². The fraction of sp³-hybridized carbons (Fsp3) is 1.00. The summed E-state index contributed by atoms with van der Waals surface area (Å²) in [6, 6.07) is 0. The summed E-state index contributed by atoms with van der Waals surface area (Å²) in [5.74, 6) is 0.973. The zero-order chi connectivity index (χ0) is 8.48. The van der Waals surface area contributed by atoms with Gasteiger partial charge in [0, 0.05) is 5.54 Å². The quantitative estimate of drug-likeness (QED) is 0.562. The highest BCUT2D eigenvalue weighted by Gasteiger charge is 2.30. The van der Waals surface area contributed by atoms with E-state index >= 15 is 0 Å². The standard InChI is InChI=1S/C10H21N/c1-5-9-6-7-11(4)10(2,3)8-9/h9H,5-8H2,1-4H3/t9-/m1/s1. The molecule has 11 heavy (non-hydrogen) atoms. The van der Waals surface area contributed by atoms with Gasteiger partial charge in [0.05, 0.1) is 0 Å². The van der Waals surface area contributed by atoms with Crippen molar-refractivity contribution in [3.63, 3.8) is 0 Å². The van der Waals surface area contributed by atoms with E-state index in [0.717, 1.165) is 5.92 Å². The molecule has 0 N–H and O–H groups in total. The first-order chi connectivity index (χ1) is 5.06. The van der Waals surface area contributed by atoms with E-state index in [-0.39, 0.29) is 0 Å². The van der Waals surface area contributed by atoms with Crippen LogP contribution >= 0.6 is 0 Å². The zero-order valence-electron chi connectivity index (χ0n) is 8.35. The van der Waals surface area contributed by atoms with E-state index in [0.29, 0.717) is 5.54 Å². The van der Waals surface area contributed by atoms with Crippen LogP contribution in [0.25, 0.3) is 0 Å². The molecule has 1 heterocycles. The van der Waals surface area contributed by atoms with Crippen LogP contribution in [0.3, 0.4) is 0 Å². The van der Waals surface area contributed by atoms with Crippen molar-refractivity contribution in [2.75, 3.05) is 13.6 Å². The molecule has 0 radical (unpaired) electrons. The Labute approximate surface area is 70.8 Å². The molecule has 0 saturated carbocycles. The molecular formula is C10H21N. The molecular weight excluding hydrogens is 134 g/mol. The van der Waals surface area contributed by atoms with Gasteiger partial charge in [0.1, 0.15) is 0 Å². The van der Waals surface area contributed by atoms with Crippen LogP contribution in [0.15, 0.2) is 0 Å². The van der Waals surface area contributed by atoms with Crippen molar-refractivity contribution in [2.24, 2.45) is 5.92 Å². The van der Waals surface area contributed by atoms with Crippen LogP contribution in [-0.4, -0.2) is 24.0 Å². The van der Waals surface area contributed by atoms with Gasteiger partial charge in [-0.05, 0) is 46.2 Å². The lowest BCUT2D eigenvalue weighted by atomic mass is 9.82. The van der Waals surface area contributed by atoms with E-state index in [1.807, 2.05) is 0 Å². The minimum Gasteiger partial charge on any atom is -0.301 e. The molecule has 1 nitrogen and oxygen atoms in total. The molecule has 1 rings (SSSR count). The van der Waals surface area contributed by atoms with E-state index in [4.69, 9.17) is 0 Å². The molecule has 0 spiro atoms. The molecule has 0 aromatic rings. The van der Waals surface area contributed by atoms with Crippen molar-refractivity contribution in [1.29, 1.82) is 0 Å². The number of hydrogen-bond donors (Lipinski definition) is 0. The Hall–Kier alpha value is -0.0400. The Morgan fingerprint density at radius 2 is 2.09 bits per heavy atom. The average Bonchev–Trinajstić information content (AvgIpc) is 1.95. The van der Waals surface area contributed by atoms with Gasteiger partial charge >= 0.3 is 0 Å². The molecule has 0 aromatic heterocycles. The Kier molecular flexibility index (Phi) is 2.58. The lowest BCUT2D eigenvalue weighted by molar-refractivity contribution is 0.0710. The van der Waals surface area contributed by atoms with Crippen molar-refractivity contribution in [1.82, 2.24) is 4.90 Å². The van der Waals surface area contributed by atoms with Crippen LogP contribution < -0.4 is 0 Å². The van der Waals surface area contributed by atoms with Crippen molar-refractivity contribution in [2.45, 2.75) is 45.6 Å². The summed E-state index contributed by atoms with van der Waals surface area (Å²) < 4.78 is 0. The molecule has 1 aliphatic heterocycles. The predicted octanol–water partition coefficient (Wildman–Crippen LogP) is 2.52. The highest BCUT2D eigenvalue weighted by atomic mass is 15.2. The fourth-order valence-corrected chi connectivity index (χ4v) is 1.99. The Morgan fingerprint density at radius 1 is 1.45 bits per heavy atom. The SMILES string of the molecule is CC[C@@H]1CCN(C)C(C)(C)C1. The molecule has 1 aliphatic rings. The predicted molar refractivity (Wildman–Crippen MR) is 49.7 cm³/mol. The highest BCUT2D eigenvalue weighted by molar-refractivity contribution is 4.86. The molecule has 0 bridgehead atoms. The third-order valence-corrected chi connectivity index (χ3v) is 3.27. The monoisotopic (exact) mass is 155 g/mol. The Bertz CT molecular complexity index is 129. The van der Waals surface area contributed by atoms with Gasteiger partial charge in [-0.25, -0.2) is 0 Å². The van der Waals surface area contributed by atoms with E-state index in [1.54, 1.807) is 0 Å². The Balaban J connectivity index is 2.52. The van der Waals surface area contributed by atoms with E-state index in [2.05, 4.69) is 32.7 Å². The normalized spacial score (nSPS) is 32.2. The Morgan fingerprint density at radius 3 is 2.55 bits per heavy atom. The van der Waals surface area contributed by atoms with E-state index in [1.165, 1.54) is 25.8 Å². The second-order valence-electron chi connectivity index (χ2n) is 4.50. The summed E-state index contributed by atoms with van der Waals surface area (Å²) >= 11 is 0. The maximum absolute atomic E-state index is 2.49. The van der Waals surface area contributed by atoms with Crippen molar-refractivity contribution in [3.8, 4) is 0 Å². The van der Waals surface area contributed by atoms with Gasteiger partial charge in [0.25, 0.3) is 0 Å². The van der Waals surface area contributed by atoms with E-state index in [9.17, 15) is 0 Å². The van der Waals surface area contributed by atoms with Gasteiger partial charge in [-0.2, -0.15) is 0 Å². The first kappa shape index (κ1) is 9.05. The number of rotatable bonds is 1. The van der Waals surface area contributed by atoms with Crippen molar-refractivity contribution < 1.29 is 0 Å². The number of piperidine rings is 1. The molecule has 0 aliphatic carbocycles. The minimum absolute atomic E-state index is 0.443. The summed E-state index contributed by atoms with van der Waals surface area (Å²) in [7, 11) is 2.24. The van der Waals surface area contributed by atoms with Crippen molar-refractivity contribution in [3.05, 3.63) is 0 Å². The van der Waals surface area contributed by atoms with Crippen LogP contribution in [0.1, 0.15) is 40.0 Å². The second kappa shape index (κ2) is 3.14. The zero-order valence-corrected chi connectivity index (χ0v) is 8.35. The molecule has 0 amide bonds. The number of likely N-dealkylation sites (tertiary alicyclic amines) is 1. The van der Waals surface area contributed by atoms with Gasteiger partial charge in [0.15, 0.2) is 0 Å². The maximum Gasteiger partial charge on any atom is 0.0152 e. The molecule has 1 heteroatoms. The molecule has 0 unspecified atom stereocenters. The van der Waals surface area contributed by atoms with Crippen molar-refractivity contribution >= 4 is 0 Å². The molecule has 1 fully saturated rings. The lowest BCUT2D eigenvalue weighted by Gasteiger charge is -2.43. The smallest absolute Gasteiger partial charge is 0.0152 e. The van der Waals surface area contributed by atoms with Gasteiger partial charge in [0.2, 0.25) is 0 Å². The average molecular weight is 155 g/mol. The highest BCUT2D eigenvalue weighted by Crippen LogP contribution is 2.31. The second-order valence-corrected chi connectivity index (χ2v) is 4.50. The summed E-state index contributed by atoms with van der Waals surface area (Å²) in [6.45, 7) is 8.31. The van der Waals surface area contributed by atoms with Gasteiger partial charge in [-0.15, -0.1) is 0 Å². The van der Waals surface area contributed by atoms with Gasteiger partial charge in [-0.3, -0.25) is 0 Å². The van der Waals surface area contributed by atoms with Gasteiger partial charge < -0.3 is 4.90 Å². The van der Waals surface area contributed by atoms with E-state index < -0.39 is 0 Å². The first-order valence-electron chi connectivity index (χ1n) is 4.77. The molecule has 0 aromatic carbocycles. The molecule has 1 saturated heterocycles. The first-order valence-corrected chi connectivity index (χ1v) is 4.77. The third kappa shape index (κ3) is 1.96. The summed E-state index contributed by atoms with van der Waals surface area (Å²) in [5, 5.41) is 0. The number of nitrogens with zero attached hydrogens (tertiary/aromatic N) is 1. The number of hydrogen-bond acceptors (Lipinski definition) is 1. The summed E-state index contributed by atoms with van der Waals surface area (Å²) in [6.07, 6.45) is 4.13. The van der Waals surface area contributed by atoms with Crippen LogP contribution in [0.2, 0.25) is 0 Å². The molecule has 66 valence electrons. The fourth-order valence-electron chi connectivity index (χ4n) is 1.99. The lowest BCUT2D eigenvalue weighted by Crippen LogP contribution is -2.47. The topological polar surface area (TPSA) is 3.24 Å². The summed E-state index contributed by atoms with van der Waals surface area (Å²) in [5.41, 5.74) is 0.443. The van der Waals surface area contributed by atoms with Crippen LogP contribution in [0.4, 0.5) is 0 Å². The van der Waals surface area contributed by atoms with Crippen LogP contribution in [-0.2, 0) is 0 Å². The largest absolute Gasteiger partial charge is 0.301 e. The van der Waals surface area contributed by atoms with Crippen LogP contribution in [0, 0.1) is 5.92 Å². The summed E-state index contributed by atoms with van der Waals surface area (Å²) in [4.78, 5) is 2.49. The van der Waals surface area contributed by atoms with Crippen LogP contribution in [0.5, 0.6) is 0 Å². The minimum atomic E-state index is 0.443. The third-order valence-electron chi connectivity index (χ3n) is 3.27. The molecule has 1 atom stereocenters. The maximum atomic E-state index is 2.49.